The van der Waals surface area contributed by atoms with Gasteiger partial charge in [0.2, 0.25) is 17.0 Å². The number of hydrogen-bond donors (Lipinski definition) is 0. The smallest absolute Gasteiger partial charge is 0.234 e. The summed E-state index contributed by atoms with van der Waals surface area (Å²) in [6.45, 7) is 0. The molecule has 0 aliphatic heterocycles. The first-order valence-corrected chi connectivity index (χ1v) is 6.11. The fourth-order valence-electron chi connectivity index (χ4n) is 2.93. The molecule has 19 heavy (non-hydrogen) atoms. The van der Waals surface area contributed by atoms with Crippen molar-refractivity contribution in [2.45, 2.75) is 38.6 Å². The van der Waals surface area contributed by atoms with E-state index < -0.39 is 50.2 Å². The van der Waals surface area contributed by atoms with Gasteiger partial charge < -0.3 is 0 Å². The molecule has 0 aromatic heterocycles. The second kappa shape index (κ2) is 2.99. The molecule has 0 saturated heterocycles. The van der Waals surface area contributed by atoms with Crippen molar-refractivity contribution in [1.82, 2.24) is 0 Å². The van der Waals surface area contributed by atoms with Gasteiger partial charge in [-0.1, -0.05) is 11.6 Å². The van der Waals surface area contributed by atoms with E-state index in [1.54, 1.807) is 0 Å². The fraction of sp³-hybridized carbons (Fsp3) is 0.778. The normalized spacial score (nSPS) is 67.3. The molecule has 0 radical (unpaired) electrons. The van der Waals surface area contributed by atoms with Gasteiger partial charge in [0, 0.05) is 0 Å². The fourth-order valence-corrected chi connectivity index (χ4v) is 4.27. The molecule has 0 spiro atoms. The second-order valence-electron chi connectivity index (χ2n) is 4.75. The van der Waals surface area contributed by atoms with Gasteiger partial charge in [-0.05, 0) is 0 Å². The summed E-state index contributed by atoms with van der Waals surface area (Å²) in [4.78, 5) is 0. The third-order valence-corrected chi connectivity index (χ3v) is 5.90. The van der Waals surface area contributed by atoms with Crippen LogP contribution in [0.4, 0.5) is 30.7 Å². The largest absolute Gasteiger partial charge is 0.268 e. The lowest BCUT2D eigenvalue weighted by Crippen LogP contribution is -2.81. The number of rotatable bonds is 0. The van der Waals surface area contributed by atoms with Gasteiger partial charge in [0.05, 0.1) is 10.8 Å². The van der Waals surface area contributed by atoms with Gasteiger partial charge in [0.15, 0.2) is 11.7 Å². The Morgan fingerprint density at radius 3 is 1.79 bits per heavy atom. The van der Waals surface area contributed by atoms with Crippen LogP contribution in [0.2, 0.25) is 0 Å². The molecule has 3 rings (SSSR count). The van der Waals surface area contributed by atoms with Crippen LogP contribution in [0.25, 0.3) is 0 Å². The third-order valence-electron chi connectivity index (χ3n) is 4.14. The molecule has 0 unspecified atom stereocenters. The van der Waals surface area contributed by atoms with E-state index in [0.717, 1.165) is 0 Å². The summed E-state index contributed by atoms with van der Waals surface area (Å²) in [5.41, 5.74) is -17.3. The quantitative estimate of drug-likeness (QED) is 0.456. The molecule has 0 amide bonds. The van der Waals surface area contributed by atoms with E-state index in [9.17, 15) is 30.7 Å². The summed E-state index contributed by atoms with van der Waals surface area (Å²) in [6, 6.07) is 0. The van der Waals surface area contributed by atoms with Crippen LogP contribution in [0.5, 0.6) is 0 Å². The van der Waals surface area contributed by atoms with E-state index in [2.05, 4.69) is 0 Å². The lowest BCUT2D eigenvalue weighted by Gasteiger charge is -2.57. The van der Waals surface area contributed by atoms with Crippen molar-refractivity contribution in [1.29, 1.82) is 0 Å². The number of fused-ring (bicyclic) bond motifs is 3. The lowest BCUT2D eigenvalue weighted by atomic mass is 9.59. The maximum absolute atomic E-state index is 14.4. The van der Waals surface area contributed by atoms with Crippen LogP contribution in [0.15, 0.2) is 11.7 Å². The molecule has 10 heteroatoms. The molecule has 3 aliphatic carbocycles. The van der Waals surface area contributed by atoms with E-state index in [4.69, 9.17) is 34.8 Å². The van der Waals surface area contributed by atoms with E-state index in [1.807, 2.05) is 0 Å². The zero-order chi connectivity index (χ0) is 14.8. The summed E-state index contributed by atoms with van der Waals surface area (Å²) >= 11 is 15.2. The van der Waals surface area contributed by atoms with E-state index in [-0.39, 0.29) is 0 Å². The Bertz CT molecular complexity index is 538. The van der Waals surface area contributed by atoms with E-state index in [0.29, 0.717) is 0 Å². The van der Waals surface area contributed by atoms with Crippen LogP contribution in [0.3, 0.4) is 0 Å². The van der Waals surface area contributed by atoms with Crippen LogP contribution in [0, 0.1) is 0 Å². The third kappa shape index (κ3) is 0.834. The Morgan fingerprint density at radius 2 is 1.32 bits per heavy atom. The van der Waals surface area contributed by atoms with Crippen molar-refractivity contribution in [3.63, 3.8) is 0 Å². The highest BCUT2D eigenvalue weighted by molar-refractivity contribution is 6.35. The highest BCUT2D eigenvalue weighted by Crippen LogP contribution is 2.85. The molecule has 0 nitrogen and oxygen atoms in total. The minimum atomic E-state index is -4.50. The number of alkyl halides is 8. The maximum atomic E-state index is 14.4. The van der Waals surface area contributed by atoms with Gasteiger partial charge in [0.1, 0.15) is 0 Å². The monoisotopic (exact) mass is 348 g/mol. The molecule has 3 aliphatic rings. The molecule has 2 saturated carbocycles. The first-order valence-electron chi connectivity index (χ1n) is 4.86. The van der Waals surface area contributed by atoms with Crippen molar-refractivity contribution in [2.75, 3.05) is 0 Å². The first kappa shape index (κ1) is 14.1. The van der Waals surface area contributed by atoms with E-state index >= 15 is 0 Å². The van der Waals surface area contributed by atoms with Crippen molar-refractivity contribution >= 4 is 34.8 Å². The summed E-state index contributed by atoms with van der Waals surface area (Å²) < 4.78 is 97.1. The van der Waals surface area contributed by atoms with Crippen LogP contribution >= 0.6 is 34.8 Å². The molecule has 0 aromatic rings. The van der Waals surface area contributed by atoms with E-state index in [1.165, 1.54) is 0 Å². The van der Waals surface area contributed by atoms with Crippen molar-refractivity contribution in [2.24, 2.45) is 0 Å². The highest BCUT2D eigenvalue weighted by Gasteiger charge is 3.10. The van der Waals surface area contributed by atoms with Crippen molar-refractivity contribution < 1.29 is 30.7 Å². The zero-order valence-corrected chi connectivity index (χ0v) is 10.7. The van der Waals surface area contributed by atoms with Crippen molar-refractivity contribution in [3.05, 3.63) is 11.7 Å². The molecule has 2 fully saturated rings. The number of allylic oxidation sites excluding steroid dienone is 2. The number of hydrogen-bond acceptors (Lipinski definition) is 0. The van der Waals surface area contributed by atoms with Crippen LogP contribution in [-0.2, 0) is 0 Å². The minimum Gasteiger partial charge on any atom is -0.234 e. The van der Waals surface area contributed by atoms with Crippen LogP contribution < -0.4 is 0 Å². The van der Waals surface area contributed by atoms with Crippen LogP contribution in [-0.4, -0.2) is 38.6 Å². The second-order valence-corrected chi connectivity index (χ2v) is 6.21. The highest BCUT2D eigenvalue weighted by atomic mass is 35.5. The summed E-state index contributed by atoms with van der Waals surface area (Å²) in [7, 11) is 0. The summed E-state index contributed by atoms with van der Waals surface area (Å²) in [5, 5.41) is -8.88. The Labute approximate surface area is 116 Å². The predicted octanol–water partition coefficient (Wildman–Crippen LogP) is 4.13. The first-order chi connectivity index (χ1) is 8.38. The Hall–Kier alpha value is 0.120. The topological polar surface area (TPSA) is 0 Å². The van der Waals surface area contributed by atoms with Crippen LogP contribution in [0.1, 0.15) is 0 Å². The van der Waals surface area contributed by atoms with Crippen molar-refractivity contribution in [3.8, 4) is 0 Å². The molecular weight excluding hydrogens is 347 g/mol. The lowest BCUT2D eigenvalue weighted by molar-refractivity contribution is -0.181. The van der Waals surface area contributed by atoms with Gasteiger partial charge in [0.25, 0.3) is 10.8 Å². The van der Waals surface area contributed by atoms with Gasteiger partial charge in [-0.2, -0.15) is 0 Å². The molecule has 108 valence electrons. The maximum Gasteiger partial charge on any atom is 0.268 e. The molecule has 7 atom stereocenters. The zero-order valence-electron chi connectivity index (χ0n) is 8.43. The average molecular weight is 349 g/mol. The van der Waals surface area contributed by atoms with Gasteiger partial charge >= 0.3 is 0 Å². The SMILES string of the molecule is FC1=C(F)[C@]2(F)[C@@H](Cl)[C@H](Cl)[C@]2(F)[C@@]2(F)[C@](F)(Cl)[C@@]12F. The standard InChI is InChI=1S/C9H2Cl3F7/c10-1-2(11)6(16)5(1,15)3(13)4(14)7(17)8(6,18)9(7,12)19/h1-2H/t1-,2-,5+,6+,7+,8-,9-/m0/s1. The summed E-state index contributed by atoms with van der Waals surface area (Å²) in [6.07, 6.45) is 0. The number of halogens is 10. The molecular formula is C9H2Cl3F7. The van der Waals surface area contributed by atoms with Gasteiger partial charge in [-0.25, -0.2) is 30.7 Å². The Kier molecular flexibility index (Phi) is 2.22. The predicted molar refractivity (Wildman–Crippen MR) is 53.6 cm³/mol. The molecule has 0 N–H and O–H groups in total. The molecule has 0 heterocycles. The average Bonchev–Trinajstić information content (AvgIpc) is 2.74. The Balaban J connectivity index is 2.35. The molecule has 0 bridgehead atoms. The summed E-state index contributed by atoms with van der Waals surface area (Å²) in [5.74, 6) is -5.44. The van der Waals surface area contributed by atoms with Gasteiger partial charge in [-0.3, -0.25) is 0 Å². The van der Waals surface area contributed by atoms with Gasteiger partial charge in [-0.15, -0.1) is 23.2 Å². The molecule has 0 aromatic carbocycles. The minimum absolute atomic E-state index is 2.24. The Morgan fingerprint density at radius 1 is 0.842 bits per heavy atom.